The number of hydrogen-bond acceptors (Lipinski definition) is 5. The topological polar surface area (TPSA) is 83.6 Å². The molecule has 1 aliphatic rings. The zero-order chi connectivity index (χ0) is 21.9. The van der Waals surface area contributed by atoms with Crippen LogP contribution in [0.2, 0.25) is 0 Å². The Kier molecular flexibility index (Phi) is 5.55. The third-order valence-corrected chi connectivity index (χ3v) is 5.88. The average Bonchev–Trinajstić information content (AvgIpc) is 3.49. The van der Waals surface area contributed by atoms with Gasteiger partial charge in [-0.1, -0.05) is 18.2 Å². The Labute approximate surface area is 186 Å². The fraction of sp³-hybridized carbons (Fsp3) is 0.304. The molecular weight excluding hydrogens is 404 g/mol. The average molecular weight is 431 g/mol. The summed E-state index contributed by atoms with van der Waals surface area (Å²) in [5.74, 6) is 0. The molecule has 1 N–H and O–H groups in total. The van der Waals surface area contributed by atoms with Crippen molar-refractivity contribution >= 4 is 11.7 Å². The van der Waals surface area contributed by atoms with E-state index in [9.17, 15) is 4.79 Å². The number of carbonyl (C=O) groups excluding carboxylic acids is 1. The molecular formula is C23H26N8O. The van der Waals surface area contributed by atoms with E-state index in [1.165, 1.54) is 6.33 Å². The molecule has 1 atom stereocenters. The first-order chi connectivity index (χ1) is 15.7. The normalized spacial score (nSPS) is 15.7. The van der Waals surface area contributed by atoms with E-state index >= 15 is 0 Å². The van der Waals surface area contributed by atoms with Gasteiger partial charge in [-0.3, -0.25) is 4.90 Å². The van der Waals surface area contributed by atoms with Gasteiger partial charge in [0.2, 0.25) is 0 Å². The fourth-order valence-electron chi connectivity index (χ4n) is 4.02. The lowest BCUT2D eigenvalue weighted by Crippen LogP contribution is -2.51. The Morgan fingerprint density at radius 1 is 1.09 bits per heavy atom. The number of amides is 2. The van der Waals surface area contributed by atoms with Crippen molar-refractivity contribution in [1.82, 2.24) is 39.3 Å². The predicted molar refractivity (Wildman–Crippen MR) is 120 cm³/mol. The molecule has 0 spiro atoms. The number of piperazine rings is 1. The minimum atomic E-state index is -0.0803. The van der Waals surface area contributed by atoms with E-state index in [-0.39, 0.29) is 12.1 Å². The van der Waals surface area contributed by atoms with Crippen LogP contribution in [0, 0.1) is 0 Å². The molecule has 1 saturated heterocycles. The lowest BCUT2D eigenvalue weighted by molar-refractivity contribution is 0.133. The van der Waals surface area contributed by atoms with Crippen molar-refractivity contribution in [3.05, 3.63) is 78.8 Å². The Balaban J connectivity index is 1.12. The summed E-state index contributed by atoms with van der Waals surface area (Å²) in [4.78, 5) is 25.7. The van der Waals surface area contributed by atoms with Crippen LogP contribution in [-0.2, 0) is 6.54 Å². The number of fused-ring (bicyclic) bond motifs is 1. The number of urea groups is 1. The second kappa shape index (κ2) is 8.80. The number of carbonyl (C=O) groups is 1. The highest BCUT2D eigenvalue weighted by atomic mass is 16.2. The summed E-state index contributed by atoms with van der Waals surface area (Å²) in [5.41, 5.74) is 4.00. The first-order valence-corrected chi connectivity index (χ1v) is 10.8. The maximum absolute atomic E-state index is 12.8. The van der Waals surface area contributed by atoms with Gasteiger partial charge >= 0.3 is 6.03 Å². The molecule has 0 bridgehead atoms. The van der Waals surface area contributed by atoms with Gasteiger partial charge < -0.3 is 14.6 Å². The van der Waals surface area contributed by atoms with E-state index in [4.69, 9.17) is 0 Å². The van der Waals surface area contributed by atoms with E-state index in [0.717, 1.165) is 42.2 Å². The summed E-state index contributed by atoms with van der Waals surface area (Å²) in [6.45, 7) is 5.88. The third-order valence-electron chi connectivity index (χ3n) is 5.88. The molecule has 0 radical (unpaired) electrons. The molecule has 5 rings (SSSR count). The van der Waals surface area contributed by atoms with Crippen LogP contribution in [0.4, 0.5) is 4.79 Å². The molecule has 9 heteroatoms. The van der Waals surface area contributed by atoms with Crippen molar-refractivity contribution in [2.24, 2.45) is 0 Å². The summed E-state index contributed by atoms with van der Waals surface area (Å²) in [5, 5.41) is 7.25. The number of pyridine rings is 1. The van der Waals surface area contributed by atoms with Crippen molar-refractivity contribution in [3.63, 3.8) is 0 Å². The molecule has 164 valence electrons. The Morgan fingerprint density at radius 3 is 2.62 bits per heavy atom. The summed E-state index contributed by atoms with van der Waals surface area (Å²) < 4.78 is 3.75. The van der Waals surface area contributed by atoms with Gasteiger partial charge in [-0.15, -0.1) is 0 Å². The van der Waals surface area contributed by atoms with Gasteiger partial charge in [0.15, 0.2) is 0 Å². The lowest BCUT2D eigenvalue weighted by Gasteiger charge is -2.35. The summed E-state index contributed by atoms with van der Waals surface area (Å²) in [6, 6.07) is 13.9. The fourth-order valence-corrected chi connectivity index (χ4v) is 4.02. The number of nitrogens with zero attached hydrogens (tertiary/aromatic N) is 7. The molecule has 0 aliphatic carbocycles. The molecule has 3 aromatic heterocycles. The zero-order valence-corrected chi connectivity index (χ0v) is 18.0. The maximum Gasteiger partial charge on any atom is 0.317 e. The van der Waals surface area contributed by atoms with Crippen molar-refractivity contribution in [2.45, 2.75) is 19.5 Å². The van der Waals surface area contributed by atoms with E-state index in [1.807, 2.05) is 64.9 Å². The van der Waals surface area contributed by atoms with Crippen molar-refractivity contribution < 1.29 is 4.79 Å². The predicted octanol–water partition coefficient (Wildman–Crippen LogP) is 2.50. The minimum absolute atomic E-state index is 0.0229. The monoisotopic (exact) mass is 430 g/mol. The van der Waals surface area contributed by atoms with Gasteiger partial charge in [0, 0.05) is 45.1 Å². The van der Waals surface area contributed by atoms with Crippen LogP contribution in [-0.4, -0.2) is 66.2 Å². The van der Waals surface area contributed by atoms with Gasteiger partial charge in [0.25, 0.3) is 0 Å². The largest absolute Gasteiger partial charge is 0.331 e. The highest BCUT2D eigenvalue weighted by molar-refractivity contribution is 5.74. The SMILES string of the molecule is CC(NC(=O)N1CCN(Cc2cn3ccccc3n2)CC1)c1ccc(-n2cncn2)cc1. The first-order valence-electron chi connectivity index (χ1n) is 10.8. The van der Waals surface area contributed by atoms with E-state index in [2.05, 4.69) is 31.5 Å². The zero-order valence-electron chi connectivity index (χ0n) is 18.0. The van der Waals surface area contributed by atoms with Crippen molar-refractivity contribution in [1.29, 1.82) is 0 Å². The van der Waals surface area contributed by atoms with Gasteiger partial charge in [-0.05, 0) is 36.8 Å². The molecule has 1 aliphatic heterocycles. The highest BCUT2D eigenvalue weighted by Gasteiger charge is 2.23. The number of nitrogens with one attached hydrogen (secondary N) is 1. The van der Waals surface area contributed by atoms with Crippen LogP contribution in [0.3, 0.4) is 0 Å². The standard InChI is InChI=1S/C23H26N8O/c1-18(19-5-7-21(8-6-19)31-17-24-16-25-31)26-23(32)29-12-10-28(11-13-29)14-20-15-30-9-3-2-4-22(30)27-20/h2-9,15-18H,10-14H2,1H3,(H,26,32). The number of rotatable bonds is 5. The third kappa shape index (κ3) is 4.33. The second-order valence-corrected chi connectivity index (χ2v) is 8.06. The number of hydrogen-bond donors (Lipinski definition) is 1. The molecule has 1 fully saturated rings. The summed E-state index contributed by atoms with van der Waals surface area (Å²) in [7, 11) is 0. The first kappa shape index (κ1) is 20.2. The lowest BCUT2D eigenvalue weighted by atomic mass is 10.1. The molecule has 4 aromatic rings. The van der Waals surface area contributed by atoms with Crippen LogP contribution >= 0.6 is 0 Å². The highest BCUT2D eigenvalue weighted by Crippen LogP contribution is 2.16. The van der Waals surface area contributed by atoms with Gasteiger partial charge in [0.05, 0.1) is 17.4 Å². The maximum atomic E-state index is 12.8. The van der Waals surface area contributed by atoms with E-state index in [1.54, 1.807) is 11.0 Å². The van der Waals surface area contributed by atoms with E-state index < -0.39 is 0 Å². The van der Waals surface area contributed by atoms with Crippen molar-refractivity contribution in [3.8, 4) is 5.69 Å². The van der Waals surface area contributed by atoms with Crippen LogP contribution in [0.15, 0.2) is 67.5 Å². The molecule has 4 heterocycles. The molecule has 0 saturated carbocycles. The Hall–Kier alpha value is -3.72. The Morgan fingerprint density at radius 2 is 1.91 bits per heavy atom. The smallest absolute Gasteiger partial charge is 0.317 e. The number of aromatic nitrogens is 5. The van der Waals surface area contributed by atoms with Crippen LogP contribution < -0.4 is 5.32 Å². The minimum Gasteiger partial charge on any atom is -0.331 e. The van der Waals surface area contributed by atoms with Gasteiger partial charge in [0.1, 0.15) is 18.3 Å². The molecule has 2 amide bonds. The molecule has 32 heavy (non-hydrogen) atoms. The number of imidazole rings is 1. The van der Waals surface area contributed by atoms with Crippen LogP contribution in [0.1, 0.15) is 24.2 Å². The van der Waals surface area contributed by atoms with Crippen LogP contribution in [0.25, 0.3) is 11.3 Å². The van der Waals surface area contributed by atoms with Crippen LogP contribution in [0.5, 0.6) is 0 Å². The molecule has 1 unspecified atom stereocenters. The second-order valence-electron chi connectivity index (χ2n) is 8.06. The summed E-state index contributed by atoms with van der Waals surface area (Å²) in [6.07, 6.45) is 7.25. The quantitative estimate of drug-likeness (QED) is 0.526. The van der Waals surface area contributed by atoms with Gasteiger partial charge in [-0.2, -0.15) is 5.10 Å². The molecule has 1 aromatic carbocycles. The number of benzene rings is 1. The summed E-state index contributed by atoms with van der Waals surface area (Å²) >= 11 is 0. The Bertz CT molecular complexity index is 1140. The van der Waals surface area contributed by atoms with Crippen molar-refractivity contribution in [2.75, 3.05) is 26.2 Å². The van der Waals surface area contributed by atoms with E-state index in [0.29, 0.717) is 13.1 Å². The van der Waals surface area contributed by atoms with Gasteiger partial charge in [-0.25, -0.2) is 19.4 Å². The molecule has 9 nitrogen and oxygen atoms in total.